The topological polar surface area (TPSA) is 94.0 Å². The van der Waals surface area contributed by atoms with E-state index in [1.165, 1.54) is 0 Å². The molecule has 7 nitrogen and oxygen atoms in total. The van der Waals surface area contributed by atoms with E-state index < -0.39 is 5.97 Å². The SMILES string of the molecule is Cc1noc(C)c1-c1cnc2c(c1)c(Cc1ccccn1)cn2-c1ccc(C(=O)O)cc1. The van der Waals surface area contributed by atoms with E-state index in [-0.39, 0.29) is 5.56 Å². The number of carbonyl (C=O) groups is 1. The third-order valence-corrected chi connectivity index (χ3v) is 5.54. The third kappa shape index (κ3) is 3.43. The smallest absolute Gasteiger partial charge is 0.335 e. The van der Waals surface area contributed by atoms with E-state index in [9.17, 15) is 9.90 Å². The summed E-state index contributed by atoms with van der Waals surface area (Å²) in [5.41, 5.74) is 6.60. The van der Waals surface area contributed by atoms with Gasteiger partial charge in [0.1, 0.15) is 11.4 Å². The molecule has 0 amide bonds. The van der Waals surface area contributed by atoms with E-state index in [0.29, 0.717) is 6.42 Å². The summed E-state index contributed by atoms with van der Waals surface area (Å²) in [5, 5.41) is 14.3. The minimum absolute atomic E-state index is 0.243. The van der Waals surface area contributed by atoms with Gasteiger partial charge in [0.15, 0.2) is 0 Å². The van der Waals surface area contributed by atoms with Gasteiger partial charge >= 0.3 is 5.97 Å². The number of nitrogens with zero attached hydrogens (tertiary/aromatic N) is 4. The summed E-state index contributed by atoms with van der Waals surface area (Å²) in [6.07, 6.45) is 6.29. The highest BCUT2D eigenvalue weighted by molar-refractivity contribution is 5.89. The fourth-order valence-corrected chi connectivity index (χ4v) is 4.00. The van der Waals surface area contributed by atoms with E-state index in [2.05, 4.69) is 16.2 Å². The molecule has 0 spiro atoms. The molecule has 0 aliphatic rings. The van der Waals surface area contributed by atoms with E-state index in [1.807, 2.05) is 49.0 Å². The van der Waals surface area contributed by atoms with Gasteiger partial charge in [-0.2, -0.15) is 0 Å². The number of carboxylic acids is 1. The fourth-order valence-electron chi connectivity index (χ4n) is 4.00. The summed E-state index contributed by atoms with van der Waals surface area (Å²) in [6.45, 7) is 3.81. The predicted octanol–water partition coefficient (Wildman–Crippen LogP) is 4.98. The van der Waals surface area contributed by atoms with Crippen LogP contribution in [-0.2, 0) is 6.42 Å². The third-order valence-electron chi connectivity index (χ3n) is 5.54. The van der Waals surface area contributed by atoms with Gasteiger partial charge in [-0.3, -0.25) is 4.98 Å². The van der Waals surface area contributed by atoms with E-state index in [1.54, 1.807) is 30.5 Å². The highest BCUT2D eigenvalue weighted by atomic mass is 16.5. The molecule has 5 rings (SSSR count). The molecule has 0 aliphatic carbocycles. The summed E-state index contributed by atoms with van der Waals surface area (Å²) in [6, 6.07) is 14.7. The second kappa shape index (κ2) is 7.77. The first kappa shape index (κ1) is 19.7. The predicted molar refractivity (Wildman–Crippen MR) is 120 cm³/mol. The summed E-state index contributed by atoms with van der Waals surface area (Å²) in [5.74, 6) is -0.203. The molecule has 0 atom stereocenters. The molecule has 0 bridgehead atoms. The Kier molecular flexibility index (Phi) is 4.78. The number of fused-ring (bicyclic) bond motifs is 1. The van der Waals surface area contributed by atoms with Crippen molar-refractivity contribution in [1.82, 2.24) is 19.7 Å². The van der Waals surface area contributed by atoms with Crippen LogP contribution in [0.25, 0.3) is 27.8 Å². The molecule has 32 heavy (non-hydrogen) atoms. The van der Waals surface area contributed by atoms with Crippen LogP contribution in [-0.4, -0.2) is 30.8 Å². The number of aryl methyl sites for hydroxylation is 2. The molecule has 5 aromatic rings. The fraction of sp³-hybridized carbons (Fsp3) is 0.120. The average Bonchev–Trinajstić information content (AvgIpc) is 3.33. The Morgan fingerprint density at radius 2 is 1.91 bits per heavy atom. The van der Waals surface area contributed by atoms with Crippen molar-refractivity contribution in [3.63, 3.8) is 0 Å². The van der Waals surface area contributed by atoms with Crippen molar-refractivity contribution in [2.45, 2.75) is 20.3 Å². The van der Waals surface area contributed by atoms with Gasteiger partial charge in [-0.05, 0) is 61.9 Å². The van der Waals surface area contributed by atoms with Crippen LogP contribution in [0, 0.1) is 13.8 Å². The number of aromatic nitrogens is 4. The lowest BCUT2D eigenvalue weighted by atomic mass is 10.0. The number of hydrogen-bond acceptors (Lipinski definition) is 5. The highest BCUT2D eigenvalue weighted by Gasteiger charge is 2.17. The van der Waals surface area contributed by atoms with Gasteiger partial charge in [-0.1, -0.05) is 11.2 Å². The van der Waals surface area contributed by atoms with E-state index >= 15 is 0 Å². The summed E-state index contributed by atoms with van der Waals surface area (Å²) in [4.78, 5) is 20.5. The molecule has 1 aromatic carbocycles. The Labute approximate surface area is 184 Å². The van der Waals surface area contributed by atoms with Crippen LogP contribution < -0.4 is 0 Å². The van der Waals surface area contributed by atoms with Crippen LogP contribution in [0.1, 0.15) is 33.1 Å². The summed E-state index contributed by atoms with van der Waals surface area (Å²) < 4.78 is 7.33. The molecule has 0 saturated carbocycles. The molecule has 0 unspecified atom stereocenters. The van der Waals surface area contributed by atoms with Gasteiger partial charge in [0.2, 0.25) is 0 Å². The lowest BCUT2D eigenvalue weighted by Crippen LogP contribution is -1.98. The zero-order valence-corrected chi connectivity index (χ0v) is 17.6. The number of pyridine rings is 2. The molecule has 158 valence electrons. The molecule has 0 aliphatic heterocycles. The zero-order chi connectivity index (χ0) is 22.2. The maximum atomic E-state index is 11.2. The molecule has 0 fully saturated rings. The maximum Gasteiger partial charge on any atom is 0.335 e. The Hall–Kier alpha value is -4.26. The van der Waals surface area contributed by atoms with E-state index in [4.69, 9.17) is 9.51 Å². The van der Waals surface area contributed by atoms with Gasteiger partial charge in [0.25, 0.3) is 0 Å². The maximum absolute atomic E-state index is 11.2. The molecule has 1 N–H and O–H groups in total. The van der Waals surface area contributed by atoms with Crippen molar-refractivity contribution >= 4 is 17.0 Å². The molecule has 0 saturated heterocycles. The second-order valence-corrected chi connectivity index (χ2v) is 7.67. The molecular weight excluding hydrogens is 404 g/mol. The monoisotopic (exact) mass is 424 g/mol. The van der Waals surface area contributed by atoms with Gasteiger partial charge in [0, 0.05) is 52.9 Å². The van der Waals surface area contributed by atoms with Crippen molar-refractivity contribution in [3.05, 3.63) is 95.4 Å². The molecule has 4 aromatic heterocycles. The van der Waals surface area contributed by atoms with Crippen molar-refractivity contribution in [1.29, 1.82) is 0 Å². The van der Waals surface area contributed by atoms with Crippen LogP contribution in [0.5, 0.6) is 0 Å². The van der Waals surface area contributed by atoms with Crippen LogP contribution in [0.15, 0.2) is 71.6 Å². The van der Waals surface area contributed by atoms with Crippen LogP contribution >= 0.6 is 0 Å². The molecular formula is C25H20N4O3. The number of rotatable bonds is 5. The van der Waals surface area contributed by atoms with Crippen molar-refractivity contribution in [2.75, 3.05) is 0 Å². The van der Waals surface area contributed by atoms with Gasteiger partial charge in [-0.15, -0.1) is 0 Å². The van der Waals surface area contributed by atoms with Crippen molar-refractivity contribution in [3.8, 4) is 16.8 Å². The highest BCUT2D eigenvalue weighted by Crippen LogP contribution is 2.32. The van der Waals surface area contributed by atoms with Crippen molar-refractivity contribution < 1.29 is 14.4 Å². The van der Waals surface area contributed by atoms with Crippen LogP contribution in [0.3, 0.4) is 0 Å². The minimum atomic E-state index is -0.952. The Bertz CT molecular complexity index is 1410. The lowest BCUT2D eigenvalue weighted by molar-refractivity contribution is 0.0697. The Morgan fingerprint density at radius 3 is 2.56 bits per heavy atom. The minimum Gasteiger partial charge on any atom is -0.478 e. The second-order valence-electron chi connectivity index (χ2n) is 7.67. The zero-order valence-electron chi connectivity index (χ0n) is 17.6. The Morgan fingerprint density at radius 1 is 1.09 bits per heavy atom. The first-order valence-electron chi connectivity index (χ1n) is 10.2. The number of hydrogen-bond donors (Lipinski definition) is 1. The van der Waals surface area contributed by atoms with Gasteiger partial charge in [0.05, 0.1) is 11.3 Å². The van der Waals surface area contributed by atoms with Crippen LogP contribution in [0.4, 0.5) is 0 Å². The average molecular weight is 424 g/mol. The first-order chi connectivity index (χ1) is 15.5. The largest absolute Gasteiger partial charge is 0.478 e. The number of benzene rings is 1. The first-order valence-corrected chi connectivity index (χ1v) is 10.2. The summed E-state index contributed by atoms with van der Waals surface area (Å²) >= 11 is 0. The quantitative estimate of drug-likeness (QED) is 0.428. The van der Waals surface area contributed by atoms with E-state index in [0.717, 1.165) is 50.6 Å². The normalized spacial score (nSPS) is 11.2. The number of aromatic carboxylic acids is 1. The van der Waals surface area contributed by atoms with Gasteiger partial charge < -0.3 is 14.2 Å². The molecule has 0 radical (unpaired) electrons. The molecule has 7 heteroatoms. The number of carboxylic acid groups (broad SMARTS) is 1. The lowest BCUT2D eigenvalue weighted by Gasteiger charge is -2.06. The standard InChI is InChI=1S/C25H20N4O3/c1-15-23(16(2)32-28-15)18-12-22-19(11-20-5-3-4-10-26-20)14-29(24(22)27-13-18)21-8-6-17(7-9-21)25(30)31/h3-10,12-14H,11H2,1-2H3,(H,30,31). The van der Waals surface area contributed by atoms with Crippen molar-refractivity contribution in [2.24, 2.45) is 0 Å². The summed E-state index contributed by atoms with van der Waals surface area (Å²) in [7, 11) is 0. The van der Waals surface area contributed by atoms with Gasteiger partial charge in [-0.25, -0.2) is 9.78 Å². The van der Waals surface area contributed by atoms with Crippen LogP contribution in [0.2, 0.25) is 0 Å². The Balaban J connectivity index is 1.68. The molecule has 4 heterocycles.